The second-order valence-corrected chi connectivity index (χ2v) is 4.03. The molecule has 19 heavy (non-hydrogen) atoms. The Balaban J connectivity index is 1.95. The van der Waals surface area contributed by atoms with E-state index in [1.807, 2.05) is 35.0 Å². The van der Waals surface area contributed by atoms with Gasteiger partial charge in [-0.25, -0.2) is 0 Å². The van der Waals surface area contributed by atoms with E-state index in [0.29, 0.717) is 18.3 Å². The van der Waals surface area contributed by atoms with Crippen LogP contribution in [0, 0.1) is 0 Å². The smallest absolute Gasteiger partial charge is 0.274 e. The van der Waals surface area contributed by atoms with Crippen LogP contribution < -0.4 is 5.73 Å². The zero-order chi connectivity index (χ0) is 13.1. The van der Waals surface area contributed by atoms with Crippen molar-refractivity contribution in [2.45, 2.75) is 6.54 Å². The minimum absolute atomic E-state index is 0.491. The Morgan fingerprint density at radius 2 is 2.05 bits per heavy atom. The number of pyridine rings is 1. The summed E-state index contributed by atoms with van der Waals surface area (Å²) in [5, 5.41) is 3.99. The molecule has 2 N–H and O–H groups in total. The van der Waals surface area contributed by atoms with Crippen molar-refractivity contribution in [2.24, 2.45) is 5.73 Å². The van der Waals surface area contributed by atoms with Crippen molar-refractivity contribution in [3.8, 4) is 23.0 Å². The Hall–Kier alpha value is -2.47. The first-order valence-electron chi connectivity index (χ1n) is 5.98. The standard InChI is InChI=1S/C13H13N5O/c14-5-9-18-8-1-2-11(18)13-16-12(17-19-13)10-3-6-15-7-4-10/h1-4,6-8H,5,9,14H2. The van der Waals surface area contributed by atoms with Crippen LogP contribution in [0.4, 0.5) is 0 Å². The van der Waals surface area contributed by atoms with Crippen LogP contribution in [0.2, 0.25) is 0 Å². The molecule has 3 rings (SSSR count). The molecule has 0 atom stereocenters. The average Bonchev–Trinajstić information content (AvgIpc) is 3.08. The van der Waals surface area contributed by atoms with E-state index in [2.05, 4.69) is 15.1 Å². The van der Waals surface area contributed by atoms with Crippen LogP contribution in [0.5, 0.6) is 0 Å². The van der Waals surface area contributed by atoms with Crippen LogP contribution in [-0.4, -0.2) is 26.2 Å². The minimum atomic E-state index is 0.491. The fourth-order valence-electron chi connectivity index (χ4n) is 1.89. The highest BCUT2D eigenvalue weighted by Gasteiger charge is 2.13. The molecular formula is C13H13N5O. The van der Waals surface area contributed by atoms with Gasteiger partial charge < -0.3 is 14.8 Å². The van der Waals surface area contributed by atoms with Crippen LogP contribution in [0.25, 0.3) is 23.0 Å². The summed E-state index contributed by atoms with van der Waals surface area (Å²) in [4.78, 5) is 8.36. The average molecular weight is 255 g/mol. The monoisotopic (exact) mass is 255 g/mol. The quantitative estimate of drug-likeness (QED) is 0.765. The highest BCUT2D eigenvalue weighted by atomic mass is 16.5. The molecule has 3 heterocycles. The molecule has 0 bridgehead atoms. The van der Waals surface area contributed by atoms with Gasteiger partial charge in [0.05, 0.1) is 0 Å². The molecule has 0 fully saturated rings. The van der Waals surface area contributed by atoms with Gasteiger partial charge >= 0.3 is 0 Å². The number of nitrogens with zero attached hydrogens (tertiary/aromatic N) is 4. The summed E-state index contributed by atoms with van der Waals surface area (Å²) in [5.74, 6) is 1.04. The predicted octanol–water partition coefficient (Wildman–Crippen LogP) is 1.56. The Kier molecular flexibility index (Phi) is 3.07. The van der Waals surface area contributed by atoms with Crippen molar-refractivity contribution in [2.75, 3.05) is 6.54 Å². The van der Waals surface area contributed by atoms with E-state index in [0.717, 1.165) is 17.8 Å². The molecule has 3 aromatic rings. The molecule has 0 amide bonds. The first-order chi connectivity index (χ1) is 9.38. The fourth-order valence-corrected chi connectivity index (χ4v) is 1.89. The van der Waals surface area contributed by atoms with Crippen LogP contribution >= 0.6 is 0 Å². The maximum atomic E-state index is 5.57. The van der Waals surface area contributed by atoms with Gasteiger partial charge in [0.1, 0.15) is 5.69 Å². The van der Waals surface area contributed by atoms with Gasteiger partial charge in [-0.1, -0.05) is 5.16 Å². The molecule has 0 saturated heterocycles. The third kappa shape index (κ3) is 2.25. The minimum Gasteiger partial charge on any atom is -0.342 e. The number of hydrogen-bond donors (Lipinski definition) is 1. The van der Waals surface area contributed by atoms with Crippen molar-refractivity contribution in [3.63, 3.8) is 0 Å². The van der Waals surface area contributed by atoms with Crippen LogP contribution in [0.1, 0.15) is 0 Å². The molecular weight excluding hydrogens is 242 g/mol. The molecule has 0 unspecified atom stereocenters. The zero-order valence-corrected chi connectivity index (χ0v) is 10.2. The molecule has 6 heteroatoms. The lowest BCUT2D eigenvalue weighted by Gasteiger charge is -2.02. The summed E-state index contributed by atoms with van der Waals surface area (Å²) in [6, 6.07) is 7.54. The molecule has 3 aromatic heterocycles. The van der Waals surface area contributed by atoms with E-state index < -0.39 is 0 Å². The number of nitrogens with two attached hydrogens (primary N) is 1. The van der Waals surface area contributed by atoms with Crippen molar-refractivity contribution < 1.29 is 4.52 Å². The van der Waals surface area contributed by atoms with Crippen molar-refractivity contribution in [3.05, 3.63) is 42.9 Å². The lowest BCUT2D eigenvalue weighted by atomic mass is 10.2. The number of rotatable bonds is 4. The van der Waals surface area contributed by atoms with E-state index >= 15 is 0 Å². The maximum Gasteiger partial charge on any atom is 0.274 e. The van der Waals surface area contributed by atoms with Crippen LogP contribution in [0.3, 0.4) is 0 Å². The second-order valence-electron chi connectivity index (χ2n) is 4.03. The summed E-state index contributed by atoms with van der Waals surface area (Å²) >= 11 is 0. The summed E-state index contributed by atoms with van der Waals surface area (Å²) < 4.78 is 7.30. The van der Waals surface area contributed by atoms with Gasteiger partial charge in [0.25, 0.3) is 5.89 Å². The molecule has 0 aliphatic heterocycles. The van der Waals surface area contributed by atoms with Gasteiger partial charge in [0.2, 0.25) is 5.82 Å². The van der Waals surface area contributed by atoms with E-state index in [1.165, 1.54) is 0 Å². The predicted molar refractivity (Wildman–Crippen MR) is 70.0 cm³/mol. The maximum absolute atomic E-state index is 5.57. The van der Waals surface area contributed by atoms with Gasteiger partial charge in [-0.3, -0.25) is 4.98 Å². The highest BCUT2D eigenvalue weighted by Crippen LogP contribution is 2.22. The third-order valence-corrected chi connectivity index (χ3v) is 2.78. The molecule has 0 aliphatic rings. The largest absolute Gasteiger partial charge is 0.342 e. The van der Waals surface area contributed by atoms with Gasteiger partial charge in [-0.2, -0.15) is 4.98 Å². The highest BCUT2D eigenvalue weighted by molar-refractivity contribution is 5.57. The topological polar surface area (TPSA) is 82.8 Å². The van der Waals surface area contributed by atoms with Crippen molar-refractivity contribution in [1.29, 1.82) is 0 Å². The van der Waals surface area contributed by atoms with E-state index in [4.69, 9.17) is 10.3 Å². The van der Waals surface area contributed by atoms with Crippen molar-refractivity contribution in [1.82, 2.24) is 19.7 Å². The molecule has 0 radical (unpaired) electrons. The molecule has 0 aliphatic carbocycles. The number of aromatic nitrogens is 4. The third-order valence-electron chi connectivity index (χ3n) is 2.78. The Labute approximate surface area is 109 Å². The van der Waals surface area contributed by atoms with Gasteiger partial charge in [-0.05, 0) is 24.3 Å². The van der Waals surface area contributed by atoms with E-state index in [1.54, 1.807) is 12.4 Å². The van der Waals surface area contributed by atoms with Gasteiger partial charge in [0.15, 0.2) is 0 Å². The fraction of sp³-hybridized carbons (Fsp3) is 0.154. The Morgan fingerprint density at radius 3 is 2.84 bits per heavy atom. The second kappa shape index (κ2) is 5.03. The first-order valence-corrected chi connectivity index (χ1v) is 5.98. The van der Waals surface area contributed by atoms with Gasteiger partial charge in [-0.15, -0.1) is 0 Å². The molecule has 0 spiro atoms. The summed E-state index contributed by atoms with van der Waals surface area (Å²) in [5.41, 5.74) is 7.32. The molecule has 96 valence electrons. The summed E-state index contributed by atoms with van der Waals surface area (Å²) in [7, 11) is 0. The number of hydrogen-bond acceptors (Lipinski definition) is 5. The summed E-state index contributed by atoms with van der Waals surface area (Å²) in [6.07, 6.45) is 5.34. The van der Waals surface area contributed by atoms with Crippen LogP contribution in [0.15, 0.2) is 47.4 Å². The Morgan fingerprint density at radius 1 is 1.21 bits per heavy atom. The van der Waals surface area contributed by atoms with Crippen LogP contribution in [-0.2, 0) is 6.54 Å². The molecule has 0 aromatic carbocycles. The van der Waals surface area contributed by atoms with E-state index in [9.17, 15) is 0 Å². The molecule has 6 nitrogen and oxygen atoms in total. The lowest BCUT2D eigenvalue weighted by Crippen LogP contribution is -2.09. The molecule has 0 saturated carbocycles. The summed E-state index contributed by atoms with van der Waals surface area (Å²) in [6.45, 7) is 1.28. The zero-order valence-electron chi connectivity index (χ0n) is 10.2. The van der Waals surface area contributed by atoms with Crippen molar-refractivity contribution >= 4 is 0 Å². The van der Waals surface area contributed by atoms with Gasteiger partial charge in [0, 0.05) is 37.2 Å². The lowest BCUT2D eigenvalue weighted by molar-refractivity contribution is 0.428. The first kappa shape index (κ1) is 11.6. The van der Waals surface area contributed by atoms with E-state index in [-0.39, 0.29) is 0 Å². The Bertz CT molecular complexity index is 658. The normalized spacial score (nSPS) is 10.8. The SMILES string of the molecule is NCCn1cccc1-c1nc(-c2ccncc2)no1.